The maximum Gasteiger partial charge on any atom is 0.421 e. The molecule has 0 saturated heterocycles. The van der Waals surface area contributed by atoms with Gasteiger partial charge in [0.2, 0.25) is 0 Å². The number of carbonyl (C=O) groups is 1. The number of nitrogens with zero attached hydrogens (tertiary/aromatic N) is 1. The number of aromatic amines is 1. The molecule has 0 spiro atoms. The van der Waals surface area contributed by atoms with Crippen LogP contribution >= 0.6 is 0 Å². The van der Waals surface area contributed by atoms with Crippen molar-refractivity contribution in [1.82, 2.24) is 19.6 Å². The van der Waals surface area contributed by atoms with Crippen LogP contribution in [-0.2, 0) is 14.9 Å². The van der Waals surface area contributed by atoms with Crippen molar-refractivity contribution in [2.24, 2.45) is 0 Å². The highest BCUT2D eigenvalue weighted by atomic mass is 32.2. The second-order valence-electron chi connectivity index (χ2n) is 3.20. The third-order valence-electron chi connectivity index (χ3n) is 1.84. The minimum absolute atomic E-state index is 0.0959. The zero-order valence-corrected chi connectivity index (χ0v) is 10.2. The highest BCUT2D eigenvalue weighted by Gasteiger charge is 2.19. The van der Waals surface area contributed by atoms with Crippen molar-refractivity contribution in [2.75, 3.05) is 6.61 Å². The Morgan fingerprint density at radius 1 is 1.65 bits per heavy atom. The summed E-state index contributed by atoms with van der Waals surface area (Å²) in [6.45, 7) is 3.29. The van der Waals surface area contributed by atoms with Crippen LogP contribution in [0.4, 0.5) is 4.79 Å². The standard InChI is InChI=1S/C8H14N4O4S/c1-3-16-8(13)12-17(14,15)11-6(2)7-4-9-10-5-7/h4-6,11H,3H2,1-2H3,(H,9,10)(H,12,13). The van der Waals surface area contributed by atoms with Gasteiger partial charge in [0.25, 0.3) is 0 Å². The number of H-pyrrole nitrogens is 1. The van der Waals surface area contributed by atoms with Crippen LogP contribution in [0.5, 0.6) is 0 Å². The van der Waals surface area contributed by atoms with Gasteiger partial charge in [-0.15, -0.1) is 0 Å². The van der Waals surface area contributed by atoms with Crippen molar-refractivity contribution in [3.8, 4) is 0 Å². The zero-order chi connectivity index (χ0) is 12.9. The number of nitrogens with one attached hydrogen (secondary N) is 3. The average molecular weight is 262 g/mol. The Morgan fingerprint density at radius 3 is 2.88 bits per heavy atom. The molecule has 0 saturated carbocycles. The number of rotatable bonds is 5. The van der Waals surface area contributed by atoms with Crippen molar-refractivity contribution in [3.63, 3.8) is 0 Å². The van der Waals surface area contributed by atoms with Gasteiger partial charge in [0.1, 0.15) is 0 Å². The lowest BCUT2D eigenvalue weighted by atomic mass is 10.2. The van der Waals surface area contributed by atoms with Crippen LogP contribution in [0.1, 0.15) is 25.5 Å². The predicted octanol–water partition coefficient (Wildman–Crippen LogP) is 0.0512. The van der Waals surface area contributed by atoms with Gasteiger partial charge in [-0.05, 0) is 13.8 Å². The summed E-state index contributed by atoms with van der Waals surface area (Å²) < 4.78 is 31.4. The highest BCUT2D eigenvalue weighted by Crippen LogP contribution is 2.09. The van der Waals surface area contributed by atoms with E-state index in [0.717, 1.165) is 0 Å². The lowest BCUT2D eigenvalue weighted by Crippen LogP contribution is -2.41. The zero-order valence-electron chi connectivity index (χ0n) is 9.43. The molecule has 8 nitrogen and oxygen atoms in total. The SMILES string of the molecule is CCOC(=O)NS(=O)(=O)NC(C)c1cn[nH]c1. The van der Waals surface area contributed by atoms with Gasteiger partial charge in [-0.3, -0.25) is 5.10 Å². The molecule has 0 bridgehead atoms. The number of carbonyl (C=O) groups excluding carboxylic acids is 1. The number of amides is 1. The molecule has 1 atom stereocenters. The summed E-state index contributed by atoms with van der Waals surface area (Å²) in [5, 5.41) is 6.25. The summed E-state index contributed by atoms with van der Waals surface area (Å²) in [5.74, 6) is 0. The van der Waals surface area contributed by atoms with E-state index in [2.05, 4.69) is 19.7 Å². The summed E-state index contributed by atoms with van der Waals surface area (Å²) in [7, 11) is -3.94. The van der Waals surface area contributed by atoms with Gasteiger partial charge in [0, 0.05) is 17.8 Å². The number of hydrogen-bond acceptors (Lipinski definition) is 5. The van der Waals surface area contributed by atoms with Crippen molar-refractivity contribution in [2.45, 2.75) is 19.9 Å². The predicted molar refractivity (Wildman–Crippen MR) is 59.2 cm³/mol. The van der Waals surface area contributed by atoms with E-state index in [-0.39, 0.29) is 6.61 Å². The number of ether oxygens (including phenoxy) is 1. The van der Waals surface area contributed by atoms with E-state index in [0.29, 0.717) is 5.56 Å². The Kier molecular flexibility index (Phi) is 4.46. The first-order valence-electron chi connectivity index (χ1n) is 4.90. The fraction of sp³-hybridized carbons (Fsp3) is 0.500. The van der Waals surface area contributed by atoms with E-state index < -0.39 is 22.3 Å². The first-order chi connectivity index (χ1) is 7.94. The quantitative estimate of drug-likeness (QED) is 0.694. The topological polar surface area (TPSA) is 113 Å². The van der Waals surface area contributed by atoms with Crippen LogP contribution in [0.3, 0.4) is 0 Å². The number of hydrogen-bond donors (Lipinski definition) is 3. The molecule has 9 heteroatoms. The third-order valence-corrected chi connectivity index (χ3v) is 2.94. The average Bonchev–Trinajstić information content (AvgIpc) is 2.68. The highest BCUT2D eigenvalue weighted by molar-refractivity contribution is 7.88. The molecular weight excluding hydrogens is 248 g/mol. The molecule has 1 aromatic rings. The Hall–Kier alpha value is -1.61. The number of aromatic nitrogens is 2. The monoisotopic (exact) mass is 262 g/mol. The third kappa shape index (κ3) is 4.41. The summed E-state index contributed by atoms with van der Waals surface area (Å²) in [6, 6.07) is -0.513. The minimum atomic E-state index is -3.94. The van der Waals surface area contributed by atoms with Crippen LogP contribution < -0.4 is 9.44 Å². The van der Waals surface area contributed by atoms with Gasteiger partial charge in [-0.1, -0.05) is 0 Å². The lowest BCUT2D eigenvalue weighted by molar-refractivity contribution is 0.158. The largest absolute Gasteiger partial charge is 0.449 e. The Balaban J connectivity index is 2.58. The first-order valence-corrected chi connectivity index (χ1v) is 6.38. The van der Waals surface area contributed by atoms with Crippen LogP contribution in [-0.4, -0.2) is 31.3 Å². The molecule has 0 aromatic carbocycles. The van der Waals surface area contributed by atoms with E-state index in [4.69, 9.17) is 0 Å². The van der Waals surface area contributed by atoms with E-state index in [9.17, 15) is 13.2 Å². The summed E-state index contributed by atoms with van der Waals surface area (Å²) in [4.78, 5) is 11.0. The molecule has 1 aromatic heterocycles. The summed E-state index contributed by atoms with van der Waals surface area (Å²) >= 11 is 0. The van der Waals surface area contributed by atoms with Crippen LogP contribution in [0.2, 0.25) is 0 Å². The molecule has 0 aliphatic heterocycles. The molecular formula is C8H14N4O4S. The van der Waals surface area contributed by atoms with Gasteiger partial charge < -0.3 is 4.74 Å². The fourth-order valence-electron chi connectivity index (χ4n) is 1.10. The molecule has 0 fully saturated rings. The molecule has 1 unspecified atom stereocenters. The maximum absolute atomic E-state index is 11.5. The van der Waals surface area contributed by atoms with Crippen LogP contribution in [0.25, 0.3) is 0 Å². The Bertz CT molecular complexity index is 456. The van der Waals surface area contributed by atoms with Crippen molar-refractivity contribution in [3.05, 3.63) is 18.0 Å². The van der Waals surface area contributed by atoms with E-state index in [1.54, 1.807) is 24.8 Å². The Morgan fingerprint density at radius 2 is 2.35 bits per heavy atom. The Labute approximate surface area is 98.9 Å². The molecule has 3 N–H and O–H groups in total. The molecule has 1 amide bonds. The van der Waals surface area contributed by atoms with Gasteiger partial charge in [-0.2, -0.15) is 18.2 Å². The molecule has 0 aliphatic carbocycles. The molecule has 96 valence electrons. The second-order valence-corrected chi connectivity index (χ2v) is 4.64. The molecule has 1 heterocycles. The van der Waals surface area contributed by atoms with E-state index >= 15 is 0 Å². The van der Waals surface area contributed by atoms with Gasteiger partial charge in [-0.25, -0.2) is 9.52 Å². The summed E-state index contributed by atoms with van der Waals surface area (Å²) in [5.41, 5.74) is 0.652. The fourth-order valence-corrected chi connectivity index (χ4v) is 2.04. The second kappa shape index (κ2) is 5.64. The molecule has 17 heavy (non-hydrogen) atoms. The van der Waals surface area contributed by atoms with Crippen molar-refractivity contribution < 1.29 is 17.9 Å². The van der Waals surface area contributed by atoms with Crippen LogP contribution in [0.15, 0.2) is 12.4 Å². The van der Waals surface area contributed by atoms with Gasteiger partial charge in [0.15, 0.2) is 0 Å². The summed E-state index contributed by atoms with van der Waals surface area (Å²) in [6.07, 6.45) is 2.02. The van der Waals surface area contributed by atoms with Crippen LogP contribution in [0, 0.1) is 0 Å². The van der Waals surface area contributed by atoms with E-state index in [1.807, 2.05) is 0 Å². The van der Waals surface area contributed by atoms with Gasteiger partial charge in [0.05, 0.1) is 12.8 Å². The van der Waals surface area contributed by atoms with E-state index in [1.165, 1.54) is 6.20 Å². The normalized spacial score (nSPS) is 13.1. The lowest BCUT2D eigenvalue weighted by Gasteiger charge is -2.12. The smallest absolute Gasteiger partial charge is 0.421 e. The molecule has 0 aliphatic rings. The molecule has 0 radical (unpaired) electrons. The molecule has 1 rings (SSSR count). The maximum atomic E-state index is 11.5. The van der Waals surface area contributed by atoms with Gasteiger partial charge >= 0.3 is 16.3 Å². The minimum Gasteiger partial charge on any atom is -0.449 e. The first kappa shape index (κ1) is 13.5. The van der Waals surface area contributed by atoms with Crippen molar-refractivity contribution >= 4 is 16.3 Å². The van der Waals surface area contributed by atoms with Crippen molar-refractivity contribution in [1.29, 1.82) is 0 Å².